The Bertz CT molecular complexity index is 1200. The summed E-state index contributed by atoms with van der Waals surface area (Å²) >= 11 is 0. The van der Waals surface area contributed by atoms with E-state index in [0.717, 1.165) is 36.5 Å². The van der Waals surface area contributed by atoms with E-state index >= 15 is 0 Å². The Labute approximate surface area is 185 Å². The number of nitrogens with zero attached hydrogens (tertiary/aromatic N) is 5. The molecule has 0 atom stereocenters. The van der Waals surface area contributed by atoms with Crippen molar-refractivity contribution in [3.05, 3.63) is 72.3 Å². The van der Waals surface area contributed by atoms with Crippen molar-refractivity contribution in [2.75, 3.05) is 31.5 Å². The summed E-state index contributed by atoms with van der Waals surface area (Å²) in [6, 6.07) is 22.3. The number of carbonyl (C=O) groups is 1. The molecule has 1 aliphatic heterocycles. The van der Waals surface area contributed by atoms with Crippen LogP contribution in [0.2, 0.25) is 0 Å². The van der Waals surface area contributed by atoms with Gasteiger partial charge in [-0.1, -0.05) is 47.6 Å². The molecule has 0 bridgehead atoms. The van der Waals surface area contributed by atoms with E-state index in [2.05, 4.69) is 67.2 Å². The number of hydrogen-bond acceptors (Lipinski definition) is 6. The Morgan fingerprint density at radius 3 is 2.56 bits per heavy atom. The summed E-state index contributed by atoms with van der Waals surface area (Å²) in [4.78, 5) is 16.4. The first-order valence-corrected chi connectivity index (χ1v) is 10.5. The number of urea groups is 1. The van der Waals surface area contributed by atoms with Crippen molar-refractivity contribution in [1.82, 2.24) is 30.4 Å². The fraction of sp³-hybridized carbons (Fsp3) is 0.217. The van der Waals surface area contributed by atoms with Gasteiger partial charge in [0.2, 0.25) is 0 Å². The Morgan fingerprint density at radius 1 is 0.938 bits per heavy atom. The molecule has 2 heterocycles. The topological polar surface area (TPSA) is 99.3 Å². The molecule has 0 aliphatic carbocycles. The SMILES string of the molecule is O=C(Nc1nn[nH]n1)N1CCN(Cc2cccc(Oc3ccc4ccccc4c3)c2)CC1. The zero-order chi connectivity index (χ0) is 21.8. The van der Waals surface area contributed by atoms with Gasteiger partial charge in [-0.25, -0.2) is 4.79 Å². The van der Waals surface area contributed by atoms with Crippen molar-refractivity contribution in [1.29, 1.82) is 0 Å². The number of rotatable bonds is 5. The van der Waals surface area contributed by atoms with E-state index in [0.29, 0.717) is 13.1 Å². The number of ether oxygens (including phenoxy) is 1. The number of amides is 2. The Kier molecular flexibility index (Phi) is 5.63. The van der Waals surface area contributed by atoms with Crippen molar-refractivity contribution in [2.45, 2.75) is 6.54 Å². The third-order valence-electron chi connectivity index (χ3n) is 5.48. The Balaban J connectivity index is 1.17. The molecule has 1 saturated heterocycles. The van der Waals surface area contributed by atoms with Crippen LogP contribution >= 0.6 is 0 Å². The van der Waals surface area contributed by atoms with Crippen LogP contribution in [0.3, 0.4) is 0 Å². The fourth-order valence-corrected chi connectivity index (χ4v) is 3.83. The summed E-state index contributed by atoms with van der Waals surface area (Å²) in [6.45, 7) is 3.65. The molecule has 1 aromatic heterocycles. The van der Waals surface area contributed by atoms with Crippen LogP contribution in [0.15, 0.2) is 66.7 Å². The molecular formula is C23H23N7O2. The first kappa shape index (κ1) is 20.0. The van der Waals surface area contributed by atoms with Gasteiger partial charge in [0.05, 0.1) is 0 Å². The molecule has 9 nitrogen and oxygen atoms in total. The van der Waals surface area contributed by atoms with Gasteiger partial charge in [0, 0.05) is 32.7 Å². The molecule has 4 aromatic rings. The number of benzene rings is 3. The highest BCUT2D eigenvalue weighted by molar-refractivity contribution is 5.87. The molecule has 1 aliphatic rings. The number of hydrogen-bond donors (Lipinski definition) is 2. The van der Waals surface area contributed by atoms with Crippen molar-refractivity contribution in [3.8, 4) is 11.5 Å². The van der Waals surface area contributed by atoms with Gasteiger partial charge in [0.25, 0.3) is 5.95 Å². The summed E-state index contributed by atoms with van der Waals surface area (Å²) in [5, 5.41) is 18.2. The van der Waals surface area contributed by atoms with Gasteiger partial charge in [-0.2, -0.15) is 5.21 Å². The molecule has 2 amide bonds. The molecular weight excluding hydrogens is 406 g/mol. The molecule has 0 unspecified atom stereocenters. The van der Waals surface area contributed by atoms with Gasteiger partial charge in [-0.05, 0) is 45.8 Å². The summed E-state index contributed by atoms with van der Waals surface area (Å²) < 4.78 is 6.12. The molecule has 0 spiro atoms. The lowest BCUT2D eigenvalue weighted by Gasteiger charge is -2.34. The highest BCUT2D eigenvalue weighted by atomic mass is 16.5. The number of aromatic amines is 1. The quantitative estimate of drug-likeness (QED) is 0.504. The second-order valence-corrected chi connectivity index (χ2v) is 7.69. The third kappa shape index (κ3) is 4.68. The lowest BCUT2D eigenvalue weighted by Crippen LogP contribution is -2.49. The molecule has 9 heteroatoms. The van der Waals surface area contributed by atoms with Crippen LogP contribution in [0.4, 0.5) is 10.7 Å². The van der Waals surface area contributed by atoms with Crippen LogP contribution in [-0.2, 0) is 6.54 Å². The molecule has 1 fully saturated rings. The van der Waals surface area contributed by atoms with E-state index in [1.165, 1.54) is 10.9 Å². The third-order valence-corrected chi connectivity index (χ3v) is 5.48. The number of carbonyl (C=O) groups excluding carboxylic acids is 1. The molecule has 0 saturated carbocycles. The zero-order valence-corrected chi connectivity index (χ0v) is 17.4. The average molecular weight is 429 g/mol. The lowest BCUT2D eigenvalue weighted by atomic mass is 10.1. The minimum absolute atomic E-state index is 0.181. The minimum atomic E-state index is -0.211. The Hall–Kier alpha value is -3.98. The number of tetrazole rings is 1. The van der Waals surface area contributed by atoms with Crippen LogP contribution in [0.5, 0.6) is 11.5 Å². The van der Waals surface area contributed by atoms with Crippen molar-refractivity contribution in [2.24, 2.45) is 0 Å². The maximum atomic E-state index is 12.3. The molecule has 5 rings (SSSR count). The van der Waals surface area contributed by atoms with Gasteiger partial charge in [0.15, 0.2) is 0 Å². The number of piperazine rings is 1. The van der Waals surface area contributed by atoms with Crippen LogP contribution in [0.25, 0.3) is 10.8 Å². The fourth-order valence-electron chi connectivity index (χ4n) is 3.83. The number of H-pyrrole nitrogens is 1. The van der Waals surface area contributed by atoms with Crippen LogP contribution in [0.1, 0.15) is 5.56 Å². The van der Waals surface area contributed by atoms with E-state index in [9.17, 15) is 4.79 Å². The summed E-state index contributed by atoms with van der Waals surface area (Å²) in [5.74, 6) is 1.82. The smallest absolute Gasteiger partial charge is 0.324 e. The summed E-state index contributed by atoms with van der Waals surface area (Å²) in [6.07, 6.45) is 0. The normalized spacial score (nSPS) is 14.4. The summed E-state index contributed by atoms with van der Waals surface area (Å²) in [5.41, 5.74) is 1.17. The summed E-state index contributed by atoms with van der Waals surface area (Å²) in [7, 11) is 0. The van der Waals surface area contributed by atoms with Gasteiger partial charge in [-0.15, -0.1) is 5.10 Å². The average Bonchev–Trinajstić information content (AvgIpc) is 3.33. The van der Waals surface area contributed by atoms with E-state index in [-0.39, 0.29) is 12.0 Å². The molecule has 0 radical (unpaired) electrons. The second-order valence-electron chi connectivity index (χ2n) is 7.69. The van der Waals surface area contributed by atoms with Crippen LogP contribution in [0, 0.1) is 0 Å². The van der Waals surface area contributed by atoms with E-state index in [1.54, 1.807) is 4.90 Å². The van der Waals surface area contributed by atoms with E-state index in [1.807, 2.05) is 30.3 Å². The van der Waals surface area contributed by atoms with E-state index in [4.69, 9.17) is 4.74 Å². The highest BCUT2D eigenvalue weighted by Crippen LogP contribution is 2.26. The molecule has 2 N–H and O–H groups in total. The second kappa shape index (κ2) is 9.03. The highest BCUT2D eigenvalue weighted by Gasteiger charge is 2.22. The van der Waals surface area contributed by atoms with Gasteiger partial charge >= 0.3 is 6.03 Å². The van der Waals surface area contributed by atoms with Gasteiger partial charge in [-0.3, -0.25) is 10.2 Å². The number of aromatic nitrogens is 4. The maximum Gasteiger partial charge on any atom is 0.324 e. The van der Waals surface area contributed by atoms with Crippen LogP contribution in [-0.4, -0.2) is 62.6 Å². The number of anilines is 1. The maximum absolute atomic E-state index is 12.3. The lowest BCUT2D eigenvalue weighted by molar-refractivity contribution is 0.143. The zero-order valence-electron chi connectivity index (χ0n) is 17.4. The standard InChI is InChI=1S/C23H23N7O2/c31-23(24-22-25-27-28-26-22)30-12-10-29(11-13-30)16-17-4-3-7-20(14-17)32-21-9-8-18-5-1-2-6-19(18)15-21/h1-9,14-15H,10-13,16H2,(H2,24,25,26,27,28,31). The first-order valence-electron chi connectivity index (χ1n) is 10.5. The van der Waals surface area contributed by atoms with E-state index < -0.39 is 0 Å². The van der Waals surface area contributed by atoms with Crippen molar-refractivity contribution < 1.29 is 9.53 Å². The van der Waals surface area contributed by atoms with Gasteiger partial charge < -0.3 is 9.64 Å². The largest absolute Gasteiger partial charge is 0.457 e. The molecule has 3 aromatic carbocycles. The Morgan fingerprint density at radius 2 is 1.75 bits per heavy atom. The monoisotopic (exact) mass is 429 g/mol. The molecule has 32 heavy (non-hydrogen) atoms. The minimum Gasteiger partial charge on any atom is -0.457 e. The predicted octanol–water partition coefficient (Wildman–Crippen LogP) is 3.49. The number of fused-ring (bicyclic) bond motifs is 1. The van der Waals surface area contributed by atoms with Crippen molar-refractivity contribution >= 4 is 22.8 Å². The van der Waals surface area contributed by atoms with Gasteiger partial charge in [0.1, 0.15) is 11.5 Å². The van der Waals surface area contributed by atoms with Crippen molar-refractivity contribution in [3.63, 3.8) is 0 Å². The predicted molar refractivity (Wildman–Crippen MR) is 121 cm³/mol. The van der Waals surface area contributed by atoms with Crippen LogP contribution < -0.4 is 10.1 Å². The molecule has 162 valence electrons. The first-order chi connectivity index (χ1) is 15.7. The number of nitrogens with one attached hydrogen (secondary N) is 2.